The molecule has 0 aromatic heterocycles. The minimum Gasteiger partial charge on any atom is -0.456 e. The van der Waals surface area contributed by atoms with Crippen LogP contribution in [0.1, 0.15) is 18.4 Å². The first-order valence-electron chi connectivity index (χ1n) is 8.71. The van der Waals surface area contributed by atoms with Gasteiger partial charge in [0.1, 0.15) is 12.3 Å². The third kappa shape index (κ3) is 3.50. The van der Waals surface area contributed by atoms with Gasteiger partial charge in [-0.15, -0.1) is 0 Å². The highest BCUT2D eigenvalue weighted by atomic mass is 32.2. The van der Waals surface area contributed by atoms with Crippen LogP contribution in [0.3, 0.4) is 0 Å². The highest BCUT2D eigenvalue weighted by Crippen LogP contribution is 2.45. The number of hydrogen-bond acceptors (Lipinski definition) is 6. The number of fused-ring (bicyclic) bond motifs is 1. The zero-order valence-corrected chi connectivity index (χ0v) is 15.6. The smallest absolute Gasteiger partial charge is 0.356 e. The lowest BCUT2D eigenvalue weighted by Crippen LogP contribution is -2.49. The molecule has 0 bridgehead atoms. The number of β-lactam (4-membered cyclic amide) rings is 1. The van der Waals surface area contributed by atoms with E-state index in [1.54, 1.807) is 12.1 Å². The van der Waals surface area contributed by atoms with E-state index in [2.05, 4.69) is 0 Å². The normalized spacial score (nSPS) is 17.9. The van der Waals surface area contributed by atoms with E-state index >= 15 is 0 Å². The minimum absolute atomic E-state index is 0.0176. The second-order valence-corrected chi connectivity index (χ2v) is 7.68. The Morgan fingerprint density at radius 2 is 1.86 bits per heavy atom. The van der Waals surface area contributed by atoms with Crippen molar-refractivity contribution in [3.05, 3.63) is 80.9 Å². The lowest BCUT2D eigenvalue weighted by atomic mass is 10.0. The van der Waals surface area contributed by atoms with E-state index < -0.39 is 10.9 Å². The van der Waals surface area contributed by atoms with Gasteiger partial charge < -0.3 is 9.64 Å². The van der Waals surface area contributed by atoms with Gasteiger partial charge in [0.15, 0.2) is 0 Å². The van der Waals surface area contributed by atoms with E-state index in [9.17, 15) is 19.7 Å². The quantitative estimate of drug-likeness (QED) is 0.320. The number of amides is 1. The van der Waals surface area contributed by atoms with Gasteiger partial charge in [0.2, 0.25) is 5.91 Å². The fourth-order valence-corrected chi connectivity index (χ4v) is 4.39. The number of nitro benzene ring substituents is 1. The van der Waals surface area contributed by atoms with Crippen LogP contribution in [0.4, 0.5) is 5.69 Å². The van der Waals surface area contributed by atoms with E-state index in [0.29, 0.717) is 24.1 Å². The summed E-state index contributed by atoms with van der Waals surface area (Å²) in [6.45, 7) is -0.0176. The van der Waals surface area contributed by atoms with E-state index in [-0.39, 0.29) is 24.2 Å². The molecule has 0 N–H and O–H groups in total. The first-order valence-corrected chi connectivity index (χ1v) is 9.53. The molecule has 1 fully saturated rings. The fourth-order valence-electron chi connectivity index (χ4n) is 3.26. The Bertz CT molecular complexity index is 972. The lowest BCUT2D eigenvalue weighted by molar-refractivity contribution is -0.384. The van der Waals surface area contributed by atoms with Crippen molar-refractivity contribution >= 4 is 29.3 Å². The number of esters is 1. The van der Waals surface area contributed by atoms with Crippen LogP contribution < -0.4 is 0 Å². The number of ether oxygens (including phenoxy) is 1. The van der Waals surface area contributed by atoms with Gasteiger partial charge in [-0.3, -0.25) is 14.9 Å². The van der Waals surface area contributed by atoms with Crippen molar-refractivity contribution in [1.29, 1.82) is 0 Å². The van der Waals surface area contributed by atoms with E-state index in [1.807, 2.05) is 30.3 Å². The summed E-state index contributed by atoms with van der Waals surface area (Å²) in [6, 6.07) is 15.5. The van der Waals surface area contributed by atoms with Gasteiger partial charge in [-0.05, 0) is 29.8 Å². The summed E-state index contributed by atoms with van der Waals surface area (Å²) in [5.41, 5.74) is 0.933. The van der Waals surface area contributed by atoms with Gasteiger partial charge in [-0.1, -0.05) is 30.0 Å². The van der Waals surface area contributed by atoms with Crippen molar-refractivity contribution < 1.29 is 19.2 Å². The summed E-state index contributed by atoms with van der Waals surface area (Å²) in [7, 11) is 0. The summed E-state index contributed by atoms with van der Waals surface area (Å²) in [5.74, 6) is -0.622. The van der Waals surface area contributed by atoms with E-state index in [0.717, 1.165) is 9.80 Å². The van der Waals surface area contributed by atoms with Gasteiger partial charge in [0.05, 0.1) is 11.0 Å². The number of rotatable bonds is 6. The number of thioether (sulfide) groups is 1. The molecule has 28 heavy (non-hydrogen) atoms. The molecule has 4 rings (SSSR count). The Balaban J connectivity index is 1.50. The SMILES string of the molecule is O=C(OCc1ccc([N+](=O)[O-])cc1)C1=C(Sc2ccccc2)CC2CC(=O)N12. The molecule has 1 atom stereocenters. The molecule has 1 amide bonds. The summed E-state index contributed by atoms with van der Waals surface area (Å²) in [6.07, 6.45) is 1.09. The van der Waals surface area contributed by atoms with Crippen molar-refractivity contribution in [3.63, 3.8) is 0 Å². The van der Waals surface area contributed by atoms with Crippen LogP contribution in [0.25, 0.3) is 0 Å². The van der Waals surface area contributed by atoms with Crippen LogP contribution in [-0.2, 0) is 20.9 Å². The number of non-ortho nitro benzene ring substituents is 1. The van der Waals surface area contributed by atoms with Gasteiger partial charge in [-0.2, -0.15) is 0 Å². The number of benzene rings is 2. The average molecular weight is 396 g/mol. The highest BCUT2D eigenvalue weighted by molar-refractivity contribution is 8.03. The fraction of sp³-hybridized carbons (Fsp3) is 0.200. The highest BCUT2D eigenvalue weighted by Gasteiger charge is 2.48. The Morgan fingerprint density at radius 1 is 1.14 bits per heavy atom. The van der Waals surface area contributed by atoms with E-state index in [1.165, 1.54) is 28.8 Å². The van der Waals surface area contributed by atoms with Crippen molar-refractivity contribution in [3.8, 4) is 0 Å². The predicted molar refractivity (Wildman–Crippen MR) is 102 cm³/mol. The molecule has 142 valence electrons. The summed E-state index contributed by atoms with van der Waals surface area (Å²) >= 11 is 1.47. The third-order valence-electron chi connectivity index (χ3n) is 4.66. The van der Waals surface area contributed by atoms with Crippen molar-refractivity contribution in [2.45, 2.75) is 30.4 Å². The first-order chi connectivity index (χ1) is 13.5. The second-order valence-electron chi connectivity index (χ2n) is 6.51. The summed E-state index contributed by atoms with van der Waals surface area (Å²) in [4.78, 5) is 38.3. The molecule has 0 radical (unpaired) electrons. The number of hydrogen-bond donors (Lipinski definition) is 0. The molecule has 8 heteroatoms. The Kier molecular flexibility index (Phi) is 4.87. The molecule has 1 unspecified atom stereocenters. The van der Waals surface area contributed by atoms with Gasteiger partial charge in [0.25, 0.3) is 5.69 Å². The van der Waals surface area contributed by atoms with Crippen molar-refractivity contribution in [2.75, 3.05) is 0 Å². The number of nitrogens with zero attached hydrogens (tertiary/aromatic N) is 2. The zero-order valence-electron chi connectivity index (χ0n) is 14.7. The molecule has 2 aliphatic heterocycles. The van der Waals surface area contributed by atoms with Crippen LogP contribution in [-0.4, -0.2) is 27.7 Å². The number of carbonyl (C=O) groups excluding carboxylic acids is 2. The van der Waals surface area contributed by atoms with Gasteiger partial charge in [-0.25, -0.2) is 4.79 Å². The van der Waals surface area contributed by atoms with E-state index in [4.69, 9.17) is 4.74 Å². The van der Waals surface area contributed by atoms with Crippen LogP contribution in [0.2, 0.25) is 0 Å². The summed E-state index contributed by atoms with van der Waals surface area (Å²) in [5, 5.41) is 10.7. The molecule has 0 aliphatic carbocycles. The van der Waals surface area contributed by atoms with Gasteiger partial charge >= 0.3 is 5.97 Å². The Hall–Kier alpha value is -3.13. The molecule has 2 aromatic rings. The Labute approximate surface area is 165 Å². The summed E-state index contributed by atoms with van der Waals surface area (Å²) < 4.78 is 5.41. The molecule has 0 saturated carbocycles. The lowest BCUT2D eigenvalue weighted by Gasteiger charge is -2.35. The topological polar surface area (TPSA) is 89.7 Å². The molecule has 1 saturated heterocycles. The second kappa shape index (κ2) is 7.47. The number of carbonyl (C=O) groups is 2. The van der Waals surface area contributed by atoms with Crippen LogP contribution in [0, 0.1) is 10.1 Å². The Morgan fingerprint density at radius 3 is 2.50 bits per heavy atom. The maximum atomic E-state index is 12.7. The van der Waals surface area contributed by atoms with Crippen LogP contribution in [0.5, 0.6) is 0 Å². The minimum atomic E-state index is -0.549. The maximum absolute atomic E-state index is 12.7. The number of nitro groups is 1. The molecule has 0 spiro atoms. The predicted octanol–water partition coefficient (Wildman–Crippen LogP) is 3.65. The average Bonchev–Trinajstić information content (AvgIpc) is 2.99. The van der Waals surface area contributed by atoms with Crippen LogP contribution >= 0.6 is 11.8 Å². The maximum Gasteiger partial charge on any atom is 0.356 e. The standard InChI is InChI=1S/C20H16N2O5S/c23-18-11-15-10-17(28-16-4-2-1-3-5-16)19(21(15)18)20(24)27-12-13-6-8-14(9-7-13)22(25)26/h1-9,15H,10-12H2. The molecule has 7 nitrogen and oxygen atoms in total. The van der Waals surface area contributed by atoms with Crippen molar-refractivity contribution in [2.24, 2.45) is 0 Å². The van der Waals surface area contributed by atoms with Crippen molar-refractivity contribution in [1.82, 2.24) is 4.90 Å². The molecule has 2 heterocycles. The molecule has 2 aliphatic rings. The first kappa shape index (κ1) is 18.2. The largest absolute Gasteiger partial charge is 0.456 e. The molecule has 2 aromatic carbocycles. The van der Waals surface area contributed by atoms with Crippen LogP contribution in [0.15, 0.2) is 70.1 Å². The molecular formula is C20H16N2O5S. The molecular weight excluding hydrogens is 380 g/mol. The monoisotopic (exact) mass is 396 g/mol. The van der Waals surface area contributed by atoms with Gasteiger partial charge in [0, 0.05) is 34.8 Å². The third-order valence-corrected chi connectivity index (χ3v) is 5.78. The zero-order chi connectivity index (χ0) is 19.7.